The van der Waals surface area contributed by atoms with E-state index in [1.165, 1.54) is 25.3 Å². The predicted octanol–water partition coefficient (Wildman–Crippen LogP) is 2.70. The highest BCUT2D eigenvalue weighted by atomic mass is 79.9. The number of benzene rings is 1. The molecule has 1 unspecified atom stereocenters. The van der Waals surface area contributed by atoms with Crippen LogP contribution in [0, 0.1) is 5.82 Å². The van der Waals surface area contributed by atoms with E-state index in [1.807, 2.05) is 0 Å². The standard InChI is InChI=1S/C11H12BrFN4O2/c1-19-11(18)10(15-4-5-16-17-14)8-3-2-7(13)6-9(8)12/h2-3,6,10,15H,4-5H2,1H3. The molecule has 0 saturated heterocycles. The van der Waals surface area contributed by atoms with E-state index < -0.39 is 17.8 Å². The average molecular weight is 331 g/mol. The first kappa shape index (κ1) is 15.4. The summed E-state index contributed by atoms with van der Waals surface area (Å²) in [6.45, 7) is 0.496. The summed E-state index contributed by atoms with van der Waals surface area (Å²) in [5.74, 6) is -0.915. The van der Waals surface area contributed by atoms with Crippen molar-refractivity contribution in [2.24, 2.45) is 5.11 Å². The lowest BCUT2D eigenvalue weighted by atomic mass is 10.1. The summed E-state index contributed by atoms with van der Waals surface area (Å²) >= 11 is 3.20. The van der Waals surface area contributed by atoms with Crippen LogP contribution in [0.4, 0.5) is 4.39 Å². The minimum atomic E-state index is -0.756. The van der Waals surface area contributed by atoms with Gasteiger partial charge in [0.1, 0.15) is 11.9 Å². The van der Waals surface area contributed by atoms with E-state index in [1.54, 1.807) is 0 Å². The third-order valence-electron chi connectivity index (χ3n) is 2.33. The van der Waals surface area contributed by atoms with Gasteiger partial charge in [0.25, 0.3) is 0 Å². The quantitative estimate of drug-likeness (QED) is 0.286. The largest absolute Gasteiger partial charge is 0.468 e. The fourth-order valence-electron chi connectivity index (χ4n) is 1.48. The Kier molecular flexibility index (Phi) is 6.27. The normalized spacial score (nSPS) is 11.5. The van der Waals surface area contributed by atoms with Gasteiger partial charge in [0.15, 0.2) is 0 Å². The maximum atomic E-state index is 13.0. The van der Waals surface area contributed by atoms with Crippen molar-refractivity contribution in [1.29, 1.82) is 0 Å². The van der Waals surface area contributed by atoms with Gasteiger partial charge in [-0.25, -0.2) is 9.18 Å². The van der Waals surface area contributed by atoms with Gasteiger partial charge in [0.2, 0.25) is 0 Å². The Balaban J connectivity index is 2.89. The zero-order chi connectivity index (χ0) is 14.3. The lowest BCUT2D eigenvalue weighted by molar-refractivity contribution is -0.143. The number of halogens is 2. The molecule has 0 aliphatic carbocycles. The summed E-state index contributed by atoms with van der Waals surface area (Å²) in [5.41, 5.74) is 8.72. The molecule has 1 rings (SSSR count). The van der Waals surface area contributed by atoms with E-state index in [2.05, 4.69) is 36.0 Å². The number of ether oxygens (including phenoxy) is 1. The van der Waals surface area contributed by atoms with Crippen LogP contribution in [-0.2, 0) is 9.53 Å². The van der Waals surface area contributed by atoms with E-state index in [9.17, 15) is 9.18 Å². The van der Waals surface area contributed by atoms with Crippen molar-refractivity contribution in [3.8, 4) is 0 Å². The van der Waals surface area contributed by atoms with Gasteiger partial charge in [-0.15, -0.1) is 0 Å². The molecule has 0 fully saturated rings. The minimum absolute atomic E-state index is 0.197. The van der Waals surface area contributed by atoms with Gasteiger partial charge in [-0.1, -0.05) is 27.1 Å². The van der Waals surface area contributed by atoms with Crippen molar-refractivity contribution < 1.29 is 13.9 Å². The van der Waals surface area contributed by atoms with Gasteiger partial charge in [-0.05, 0) is 23.2 Å². The summed E-state index contributed by atoms with van der Waals surface area (Å²) in [4.78, 5) is 14.3. The van der Waals surface area contributed by atoms with E-state index in [0.29, 0.717) is 16.6 Å². The van der Waals surface area contributed by atoms with Gasteiger partial charge in [0, 0.05) is 22.5 Å². The Morgan fingerprint density at radius 3 is 3.00 bits per heavy atom. The topological polar surface area (TPSA) is 87.1 Å². The van der Waals surface area contributed by atoms with E-state index in [0.717, 1.165) is 0 Å². The number of carbonyl (C=O) groups is 1. The Morgan fingerprint density at radius 2 is 2.42 bits per heavy atom. The van der Waals surface area contributed by atoms with Crippen molar-refractivity contribution in [3.63, 3.8) is 0 Å². The molecule has 1 N–H and O–H groups in total. The molecule has 0 radical (unpaired) electrons. The maximum absolute atomic E-state index is 13.0. The summed E-state index contributed by atoms with van der Waals surface area (Å²) in [5, 5.41) is 6.24. The average Bonchev–Trinajstić information content (AvgIpc) is 2.39. The molecular formula is C11H12BrFN4O2. The molecule has 102 valence electrons. The van der Waals surface area contributed by atoms with Gasteiger partial charge >= 0.3 is 5.97 Å². The number of hydrogen-bond donors (Lipinski definition) is 1. The van der Waals surface area contributed by atoms with Crippen LogP contribution in [-0.4, -0.2) is 26.2 Å². The predicted molar refractivity (Wildman–Crippen MR) is 70.9 cm³/mol. The van der Waals surface area contributed by atoms with Crippen molar-refractivity contribution in [2.75, 3.05) is 20.2 Å². The lowest BCUT2D eigenvalue weighted by Crippen LogP contribution is -2.31. The summed E-state index contributed by atoms with van der Waals surface area (Å²) in [6, 6.07) is 3.25. The molecular weight excluding hydrogens is 319 g/mol. The molecule has 0 heterocycles. The number of esters is 1. The molecule has 6 nitrogen and oxygen atoms in total. The van der Waals surface area contributed by atoms with Crippen LogP contribution >= 0.6 is 15.9 Å². The van der Waals surface area contributed by atoms with Crippen molar-refractivity contribution >= 4 is 21.9 Å². The molecule has 0 aliphatic rings. The highest BCUT2D eigenvalue weighted by Gasteiger charge is 2.22. The van der Waals surface area contributed by atoms with Gasteiger partial charge in [-0.3, -0.25) is 0 Å². The fraction of sp³-hybridized carbons (Fsp3) is 0.364. The van der Waals surface area contributed by atoms with Gasteiger partial charge in [-0.2, -0.15) is 0 Å². The lowest BCUT2D eigenvalue weighted by Gasteiger charge is -2.17. The Bertz CT molecular complexity index is 505. The minimum Gasteiger partial charge on any atom is -0.468 e. The fourth-order valence-corrected chi connectivity index (χ4v) is 2.06. The molecule has 0 spiro atoms. The van der Waals surface area contributed by atoms with E-state index in [4.69, 9.17) is 5.53 Å². The molecule has 1 aromatic rings. The molecule has 0 aromatic heterocycles. The third kappa shape index (κ3) is 4.51. The molecule has 0 saturated carbocycles. The third-order valence-corrected chi connectivity index (χ3v) is 3.02. The monoisotopic (exact) mass is 330 g/mol. The molecule has 0 amide bonds. The molecule has 1 aromatic carbocycles. The number of nitrogens with zero attached hydrogens (tertiary/aromatic N) is 3. The van der Waals surface area contributed by atoms with Crippen LogP contribution in [0.2, 0.25) is 0 Å². The Labute approximate surface area is 117 Å². The molecule has 1 atom stereocenters. The number of rotatable bonds is 6. The second-order valence-electron chi connectivity index (χ2n) is 3.53. The van der Waals surface area contributed by atoms with E-state index >= 15 is 0 Å². The first-order valence-corrected chi connectivity index (χ1v) is 6.16. The molecule has 8 heteroatoms. The van der Waals surface area contributed by atoms with Crippen LogP contribution in [0.3, 0.4) is 0 Å². The Hall–Kier alpha value is -1.63. The zero-order valence-corrected chi connectivity index (χ0v) is 11.7. The van der Waals surface area contributed by atoms with E-state index in [-0.39, 0.29) is 6.54 Å². The van der Waals surface area contributed by atoms with Crippen LogP contribution in [0.25, 0.3) is 10.4 Å². The van der Waals surface area contributed by atoms with Gasteiger partial charge in [0.05, 0.1) is 7.11 Å². The number of hydrogen-bond acceptors (Lipinski definition) is 4. The first-order chi connectivity index (χ1) is 9.10. The number of carbonyl (C=O) groups excluding carboxylic acids is 1. The number of nitrogens with one attached hydrogen (secondary N) is 1. The molecule has 19 heavy (non-hydrogen) atoms. The first-order valence-electron chi connectivity index (χ1n) is 5.37. The SMILES string of the molecule is COC(=O)C(NCCN=[N+]=[N-])c1ccc(F)cc1Br. The van der Waals surface area contributed by atoms with Gasteiger partial charge < -0.3 is 10.1 Å². The summed E-state index contributed by atoms with van der Waals surface area (Å²) in [6.07, 6.45) is 0. The van der Waals surface area contributed by atoms with Crippen LogP contribution in [0.15, 0.2) is 27.8 Å². The number of azide groups is 1. The number of methoxy groups -OCH3 is 1. The molecule has 0 aliphatic heterocycles. The van der Waals surface area contributed by atoms with Crippen molar-refractivity contribution in [3.05, 3.63) is 44.5 Å². The second kappa shape index (κ2) is 7.73. The zero-order valence-electron chi connectivity index (χ0n) is 10.1. The van der Waals surface area contributed by atoms with Crippen molar-refractivity contribution in [1.82, 2.24) is 5.32 Å². The maximum Gasteiger partial charge on any atom is 0.327 e. The Morgan fingerprint density at radius 1 is 1.68 bits per heavy atom. The summed E-state index contributed by atoms with van der Waals surface area (Å²) in [7, 11) is 1.27. The molecule has 0 bridgehead atoms. The highest BCUT2D eigenvalue weighted by molar-refractivity contribution is 9.10. The van der Waals surface area contributed by atoms with Crippen molar-refractivity contribution in [2.45, 2.75) is 6.04 Å². The highest BCUT2D eigenvalue weighted by Crippen LogP contribution is 2.25. The van der Waals surface area contributed by atoms with Crippen LogP contribution in [0.5, 0.6) is 0 Å². The summed E-state index contributed by atoms with van der Waals surface area (Å²) < 4.78 is 18.2. The second-order valence-corrected chi connectivity index (χ2v) is 4.38. The van der Waals surface area contributed by atoms with Crippen LogP contribution in [0.1, 0.15) is 11.6 Å². The van der Waals surface area contributed by atoms with Crippen LogP contribution < -0.4 is 5.32 Å². The smallest absolute Gasteiger partial charge is 0.327 e.